The highest BCUT2D eigenvalue weighted by Gasteiger charge is 2.29. The fourth-order valence-corrected chi connectivity index (χ4v) is 2.53. The van der Waals surface area contributed by atoms with Gasteiger partial charge in [-0.2, -0.15) is 0 Å². The Labute approximate surface area is 112 Å². The molecule has 3 rings (SSSR count). The van der Waals surface area contributed by atoms with Crippen LogP contribution in [0.1, 0.15) is 30.4 Å². The maximum atomic E-state index is 11.9. The lowest BCUT2D eigenvalue weighted by Gasteiger charge is -2.06. The van der Waals surface area contributed by atoms with Gasteiger partial charge in [0.25, 0.3) is 17.7 Å². The first-order valence-corrected chi connectivity index (χ1v) is 6.38. The molecule has 0 saturated carbocycles. The van der Waals surface area contributed by atoms with Crippen LogP contribution in [-0.2, 0) is 0 Å². The van der Waals surface area contributed by atoms with Crippen molar-refractivity contribution in [1.82, 2.24) is 5.32 Å². The SMILES string of the molecule is O=C(Nc1cccc2c1C(=O)NC2=O)c1cccs1. The summed E-state index contributed by atoms with van der Waals surface area (Å²) in [7, 11) is 0. The van der Waals surface area contributed by atoms with Crippen molar-refractivity contribution in [3.05, 3.63) is 51.7 Å². The number of rotatable bonds is 2. The maximum Gasteiger partial charge on any atom is 0.265 e. The van der Waals surface area contributed by atoms with Gasteiger partial charge < -0.3 is 5.32 Å². The van der Waals surface area contributed by atoms with E-state index in [9.17, 15) is 14.4 Å². The Kier molecular flexibility index (Phi) is 2.64. The molecule has 0 saturated heterocycles. The van der Waals surface area contributed by atoms with Crippen molar-refractivity contribution in [1.29, 1.82) is 0 Å². The molecule has 94 valence electrons. The van der Waals surface area contributed by atoms with E-state index < -0.39 is 11.8 Å². The predicted octanol–water partition coefficient (Wildman–Crippen LogP) is 1.88. The van der Waals surface area contributed by atoms with Crippen LogP contribution >= 0.6 is 11.3 Å². The fourth-order valence-electron chi connectivity index (χ4n) is 1.91. The minimum atomic E-state index is -0.484. The van der Waals surface area contributed by atoms with Crippen molar-refractivity contribution in [2.75, 3.05) is 5.32 Å². The fraction of sp³-hybridized carbons (Fsp3) is 0. The highest BCUT2D eigenvalue weighted by atomic mass is 32.1. The molecule has 1 aliphatic heterocycles. The van der Waals surface area contributed by atoms with Crippen molar-refractivity contribution in [2.45, 2.75) is 0 Å². The molecule has 1 aromatic carbocycles. The van der Waals surface area contributed by atoms with Crippen molar-refractivity contribution in [2.24, 2.45) is 0 Å². The van der Waals surface area contributed by atoms with Crippen LogP contribution in [0.3, 0.4) is 0 Å². The molecule has 6 heteroatoms. The van der Waals surface area contributed by atoms with E-state index in [2.05, 4.69) is 10.6 Å². The predicted molar refractivity (Wildman–Crippen MR) is 70.5 cm³/mol. The smallest absolute Gasteiger partial charge is 0.265 e. The molecule has 0 atom stereocenters. The molecular formula is C13H8N2O3S. The number of carbonyl (C=O) groups excluding carboxylic acids is 3. The van der Waals surface area contributed by atoms with E-state index in [1.807, 2.05) is 0 Å². The van der Waals surface area contributed by atoms with Gasteiger partial charge in [-0.1, -0.05) is 12.1 Å². The highest BCUT2D eigenvalue weighted by Crippen LogP contribution is 2.25. The largest absolute Gasteiger partial charge is 0.321 e. The monoisotopic (exact) mass is 272 g/mol. The molecule has 2 aromatic rings. The van der Waals surface area contributed by atoms with Gasteiger partial charge in [0.1, 0.15) is 0 Å². The van der Waals surface area contributed by atoms with E-state index in [0.29, 0.717) is 10.6 Å². The van der Waals surface area contributed by atoms with Crippen LogP contribution in [0.25, 0.3) is 0 Å². The van der Waals surface area contributed by atoms with Gasteiger partial charge in [-0.3, -0.25) is 19.7 Å². The Morgan fingerprint density at radius 1 is 1.11 bits per heavy atom. The summed E-state index contributed by atoms with van der Waals surface area (Å²) in [5.74, 6) is -1.22. The number of nitrogens with one attached hydrogen (secondary N) is 2. The number of benzene rings is 1. The van der Waals surface area contributed by atoms with Crippen molar-refractivity contribution in [3.8, 4) is 0 Å². The molecule has 0 bridgehead atoms. The normalized spacial score (nSPS) is 13.1. The molecule has 19 heavy (non-hydrogen) atoms. The molecule has 3 amide bonds. The van der Waals surface area contributed by atoms with Gasteiger partial charge in [0.05, 0.1) is 21.7 Å². The topological polar surface area (TPSA) is 75.3 Å². The summed E-state index contributed by atoms with van der Waals surface area (Å²) in [6, 6.07) is 8.24. The Hall–Kier alpha value is -2.47. The first-order valence-electron chi connectivity index (χ1n) is 5.50. The second-order valence-electron chi connectivity index (χ2n) is 3.94. The lowest BCUT2D eigenvalue weighted by atomic mass is 10.1. The Bertz CT molecular complexity index is 692. The molecule has 0 radical (unpaired) electrons. The summed E-state index contributed by atoms with van der Waals surface area (Å²) in [6.45, 7) is 0. The van der Waals surface area contributed by atoms with Gasteiger partial charge in [0, 0.05) is 0 Å². The number of thiophene rings is 1. The number of amides is 3. The van der Waals surface area contributed by atoms with Gasteiger partial charge in [-0.15, -0.1) is 11.3 Å². The Balaban J connectivity index is 1.97. The van der Waals surface area contributed by atoms with Gasteiger partial charge in [-0.05, 0) is 23.6 Å². The van der Waals surface area contributed by atoms with Gasteiger partial charge in [0.15, 0.2) is 0 Å². The molecule has 0 aliphatic carbocycles. The lowest BCUT2D eigenvalue weighted by molar-refractivity contribution is 0.0879. The molecule has 2 heterocycles. The average molecular weight is 272 g/mol. The number of imide groups is 1. The average Bonchev–Trinajstić information content (AvgIpc) is 3.00. The molecule has 0 fully saturated rings. The molecule has 0 spiro atoms. The zero-order chi connectivity index (χ0) is 13.4. The third kappa shape index (κ3) is 1.92. The molecule has 1 aliphatic rings. The van der Waals surface area contributed by atoms with Crippen LogP contribution in [0.4, 0.5) is 5.69 Å². The summed E-state index contributed by atoms with van der Waals surface area (Å²) in [5, 5.41) is 6.65. The van der Waals surface area contributed by atoms with E-state index in [1.165, 1.54) is 11.3 Å². The van der Waals surface area contributed by atoms with Crippen LogP contribution in [0.5, 0.6) is 0 Å². The zero-order valence-corrected chi connectivity index (χ0v) is 10.4. The quantitative estimate of drug-likeness (QED) is 0.820. The zero-order valence-electron chi connectivity index (χ0n) is 9.60. The summed E-state index contributed by atoms with van der Waals surface area (Å²) in [5.41, 5.74) is 0.852. The third-order valence-corrected chi connectivity index (χ3v) is 3.63. The Morgan fingerprint density at radius 3 is 2.68 bits per heavy atom. The number of anilines is 1. The lowest BCUT2D eigenvalue weighted by Crippen LogP contribution is -2.20. The summed E-state index contributed by atoms with van der Waals surface area (Å²) in [6.07, 6.45) is 0. The first kappa shape index (κ1) is 11.6. The van der Waals surface area contributed by atoms with Crippen molar-refractivity contribution in [3.63, 3.8) is 0 Å². The van der Waals surface area contributed by atoms with E-state index in [-0.39, 0.29) is 17.0 Å². The van der Waals surface area contributed by atoms with E-state index >= 15 is 0 Å². The number of hydrogen-bond acceptors (Lipinski definition) is 4. The Morgan fingerprint density at radius 2 is 1.95 bits per heavy atom. The van der Waals surface area contributed by atoms with Crippen LogP contribution < -0.4 is 10.6 Å². The summed E-state index contributed by atoms with van der Waals surface area (Å²) in [4.78, 5) is 35.7. The number of carbonyl (C=O) groups is 3. The van der Waals surface area contributed by atoms with Crippen molar-refractivity contribution < 1.29 is 14.4 Å². The van der Waals surface area contributed by atoms with Crippen LogP contribution in [0.15, 0.2) is 35.7 Å². The number of fused-ring (bicyclic) bond motifs is 1. The minimum Gasteiger partial charge on any atom is -0.321 e. The second kappa shape index (κ2) is 4.33. The standard InChI is InChI=1S/C13H8N2O3S/c16-11-7-3-1-4-8(10(7)13(18)15-11)14-12(17)9-5-2-6-19-9/h1-6H,(H,14,17)(H,15,16,18). The van der Waals surface area contributed by atoms with E-state index in [4.69, 9.17) is 0 Å². The highest BCUT2D eigenvalue weighted by molar-refractivity contribution is 7.12. The van der Waals surface area contributed by atoms with Crippen LogP contribution in [0, 0.1) is 0 Å². The summed E-state index contributed by atoms with van der Waals surface area (Å²) >= 11 is 1.31. The van der Waals surface area contributed by atoms with Crippen molar-refractivity contribution >= 4 is 34.7 Å². The maximum absolute atomic E-state index is 11.9. The molecule has 1 aromatic heterocycles. The third-order valence-electron chi connectivity index (χ3n) is 2.76. The van der Waals surface area contributed by atoms with Crippen LogP contribution in [0.2, 0.25) is 0 Å². The van der Waals surface area contributed by atoms with Crippen LogP contribution in [-0.4, -0.2) is 17.7 Å². The van der Waals surface area contributed by atoms with Gasteiger partial charge in [0.2, 0.25) is 0 Å². The molecule has 5 nitrogen and oxygen atoms in total. The van der Waals surface area contributed by atoms with Gasteiger partial charge in [-0.25, -0.2) is 0 Å². The first-order chi connectivity index (χ1) is 9.16. The van der Waals surface area contributed by atoms with Gasteiger partial charge >= 0.3 is 0 Å². The summed E-state index contributed by atoms with van der Waals surface area (Å²) < 4.78 is 0. The minimum absolute atomic E-state index is 0.220. The second-order valence-corrected chi connectivity index (χ2v) is 4.89. The number of hydrogen-bond donors (Lipinski definition) is 2. The molecule has 2 N–H and O–H groups in total. The molecular weight excluding hydrogens is 264 g/mol. The van der Waals surface area contributed by atoms with E-state index in [1.54, 1.807) is 35.7 Å². The molecule has 0 unspecified atom stereocenters. The van der Waals surface area contributed by atoms with E-state index in [0.717, 1.165) is 0 Å².